The summed E-state index contributed by atoms with van der Waals surface area (Å²) in [5, 5.41) is 8.67. The molecule has 0 saturated heterocycles. The largest absolute Gasteiger partial charge is 0.496 e. The number of carboxylic acid groups (broad SMARTS) is 1. The van der Waals surface area contributed by atoms with E-state index in [0.717, 1.165) is 6.42 Å². The molecule has 0 radical (unpaired) electrons. The molecule has 3 nitrogen and oxygen atoms in total. The Balaban J connectivity index is 2.91. The molecule has 0 heterocycles. The average Bonchev–Trinajstić information content (AvgIpc) is 2.04. The number of ether oxygens (including phenoxy) is 1. The molecular weight excluding hydrogens is 144 g/mol. The third kappa shape index (κ3) is 1.61. The fraction of sp³-hybridized carbons (Fsp3) is 0.375. The van der Waals surface area contributed by atoms with Crippen LogP contribution in [0.1, 0.15) is 12.8 Å². The first-order valence-electron chi connectivity index (χ1n) is 3.42. The van der Waals surface area contributed by atoms with Crippen LogP contribution >= 0.6 is 0 Å². The highest BCUT2D eigenvalue weighted by Crippen LogP contribution is 2.18. The Hall–Kier alpha value is -1.25. The van der Waals surface area contributed by atoms with Gasteiger partial charge >= 0.3 is 5.97 Å². The van der Waals surface area contributed by atoms with Gasteiger partial charge in [-0.3, -0.25) is 0 Å². The molecule has 0 amide bonds. The zero-order chi connectivity index (χ0) is 8.27. The number of hydrogen-bond acceptors (Lipinski definition) is 2. The number of carboxylic acids is 1. The minimum atomic E-state index is -0.883. The molecule has 3 heteroatoms. The smallest absolute Gasteiger partial charge is 0.335 e. The molecule has 0 aliphatic heterocycles. The zero-order valence-corrected chi connectivity index (χ0v) is 6.33. The molecular formula is C8H10O3. The first kappa shape index (κ1) is 7.85. The third-order valence-electron chi connectivity index (χ3n) is 1.61. The molecule has 0 fully saturated rings. The summed E-state index contributed by atoms with van der Waals surface area (Å²) in [5.74, 6) is -0.407. The maximum Gasteiger partial charge on any atom is 0.335 e. The number of hydrogen-bond donors (Lipinski definition) is 1. The lowest BCUT2D eigenvalue weighted by Crippen LogP contribution is -2.07. The van der Waals surface area contributed by atoms with Crippen LogP contribution in [0.25, 0.3) is 0 Å². The number of allylic oxidation sites excluding steroid dienone is 2. The minimum Gasteiger partial charge on any atom is -0.496 e. The highest BCUT2D eigenvalue weighted by Gasteiger charge is 2.14. The maximum absolute atomic E-state index is 10.6. The predicted molar refractivity (Wildman–Crippen MR) is 40.0 cm³/mol. The van der Waals surface area contributed by atoms with Gasteiger partial charge < -0.3 is 9.84 Å². The highest BCUT2D eigenvalue weighted by molar-refractivity contribution is 5.88. The standard InChI is InChI=1S/C8H10O3/c1-11-7-5-3-2-4-6(7)8(9)10/h3,5H,2,4H2,1H3,(H,9,10). The molecule has 1 aliphatic carbocycles. The fourth-order valence-electron chi connectivity index (χ4n) is 1.05. The molecule has 0 saturated carbocycles. The van der Waals surface area contributed by atoms with Crippen LogP contribution in [0.4, 0.5) is 0 Å². The van der Waals surface area contributed by atoms with E-state index >= 15 is 0 Å². The van der Waals surface area contributed by atoms with Crippen molar-refractivity contribution in [2.24, 2.45) is 0 Å². The summed E-state index contributed by atoms with van der Waals surface area (Å²) in [6.07, 6.45) is 4.96. The molecule has 1 N–H and O–H groups in total. The van der Waals surface area contributed by atoms with Crippen molar-refractivity contribution >= 4 is 5.97 Å². The molecule has 1 rings (SSSR count). The molecule has 0 bridgehead atoms. The van der Waals surface area contributed by atoms with Crippen molar-refractivity contribution < 1.29 is 14.6 Å². The SMILES string of the molecule is COC1=C(C(=O)O)CCC=C1. The van der Waals surface area contributed by atoms with Gasteiger partial charge in [-0.1, -0.05) is 6.08 Å². The second-order valence-electron chi connectivity index (χ2n) is 2.29. The molecule has 0 unspecified atom stereocenters. The molecule has 0 aromatic heterocycles. The molecule has 0 atom stereocenters. The normalized spacial score (nSPS) is 16.8. The molecule has 0 aromatic carbocycles. The van der Waals surface area contributed by atoms with E-state index in [4.69, 9.17) is 9.84 Å². The predicted octanol–water partition coefficient (Wildman–Crippen LogP) is 1.32. The van der Waals surface area contributed by atoms with Crippen molar-refractivity contribution in [1.82, 2.24) is 0 Å². The van der Waals surface area contributed by atoms with E-state index < -0.39 is 5.97 Å². The van der Waals surface area contributed by atoms with Crippen LogP contribution in [0.3, 0.4) is 0 Å². The Labute approximate surface area is 65.0 Å². The van der Waals surface area contributed by atoms with Crippen LogP contribution in [0, 0.1) is 0 Å². The van der Waals surface area contributed by atoms with E-state index in [0.29, 0.717) is 17.8 Å². The van der Waals surface area contributed by atoms with Gasteiger partial charge in [0.05, 0.1) is 12.7 Å². The van der Waals surface area contributed by atoms with E-state index in [1.54, 1.807) is 6.08 Å². The van der Waals surface area contributed by atoms with Gasteiger partial charge in [-0.15, -0.1) is 0 Å². The third-order valence-corrected chi connectivity index (χ3v) is 1.61. The number of aliphatic carboxylic acids is 1. The van der Waals surface area contributed by atoms with E-state index in [1.165, 1.54) is 7.11 Å². The Morgan fingerprint density at radius 2 is 2.45 bits per heavy atom. The molecule has 0 aromatic rings. The highest BCUT2D eigenvalue weighted by atomic mass is 16.5. The van der Waals surface area contributed by atoms with Crippen LogP contribution in [0.2, 0.25) is 0 Å². The summed E-state index contributed by atoms with van der Waals surface area (Å²) >= 11 is 0. The Kier molecular flexibility index (Phi) is 2.31. The summed E-state index contributed by atoms with van der Waals surface area (Å²) in [7, 11) is 1.48. The first-order valence-corrected chi connectivity index (χ1v) is 3.42. The van der Waals surface area contributed by atoms with Crippen molar-refractivity contribution in [3.05, 3.63) is 23.5 Å². The van der Waals surface area contributed by atoms with E-state index in [9.17, 15) is 4.79 Å². The summed E-state index contributed by atoms with van der Waals surface area (Å²) < 4.78 is 4.88. The van der Waals surface area contributed by atoms with Gasteiger partial charge in [-0.2, -0.15) is 0 Å². The van der Waals surface area contributed by atoms with Crippen molar-refractivity contribution in [3.8, 4) is 0 Å². The van der Waals surface area contributed by atoms with Gasteiger partial charge in [0, 0.05) is 0 Å². The lowest BCUT2D eigenvalue weighted by Gasteiger charge is -2.10. The first-order chi connectivity index (χ1) is 5.25. The van der Waals surface area contributed by atoms with Gasteiger partial charge in [0.1, 0.15) is 5.76 Å². The van der Waals surface area contributed by atoms with Gasteiger partial charge in [0.15, 0.2) is 0 Å². The monoisotopic (exact) mass is 154 g/mol. The van der Waals surface area contributed by atoms with Gasteiger partial charge in [0.25, 0.3) is 0 Å². The number of rotatable bonds is 2. The summed E-state index contributed by atoms with van der Waals surface area (Å²) in [5.41, 5.74) is 0.370. The summed E-state index contributed by atoms with van der Waals surface area (Å²) in [6, 6.07) is 0. The lowest BCUT2D eigenvalue weighted by molar-refractivity contribution is -0.133. The molecule has 1 aliphatic rings. The quantitative estimate of drug-likeness (QED) is 0.652. The van der Waals surface area contributed by atoms with Gasteiger partial charge in [0.2, 0.25) is 0 Å². The average molecular weight is 154 g/mol. The second-order valence-corrected chi connectivity index (χ2v) is 2.29. The van der Waals surface area contributed by atoms with E-state index in [-0.39, 0.29) is 0 Å². The van der Waals surface area contributed by atoms with Crippen LogP contribution in [-0.4, -0.2) is 18.2 Å². The Morgan fingerprint density at radius 3 is 2.91 bits per heavy atom. The molecule has 60 valence electrons. The van der Waals surface area contributed by atoms with Crippen LogP contribution in [0.5, 0.6) is 0 Å². The van der Waals surface area contributed by atoms with Crippen molar-refractivity contribution in [3.63, 3.8) is 0 Å². The van der Waals surface area contributed by atoms with Crippen LogP contribution < -0.4 is 0 Å². The molecule has 11 heavy (non-hydrogen) atoms. The number of carbonyl (C=O) groups is 1. The summed E-state index contributed by atoms with van der Waals surface area (Å²) in [4.78, 5) is 10.6. The van der Waals surface area contributed by atoms with Crippen molar-refractivity contribution in [2.75, 3.05) is 7.11 Å². The van der Waals surface area contributed by atoms with Crippen molar-refractivity contribution in [1.29, 1.82) is 0 Å². The zero-order valence-electron chi connectivity index (χ0n) is 6.33. The Bertz CT molecular complexity index is 225. The lowest BCUT2D eigenvalue weighted by atomic mass is 10.0. The summed E-state index contributed by atoms with van der Waals surface area (Å²) in [6.45, 7) is 0. The van der Waals surface area contributed by atoms with E-state index in [2.05, 4.69) is 0 Å². The van der Waals surface area contributed by atoms with Crippen LogP contribution in [-0.2, 0) is 9.53 Å². The topological polar surface area (TPSA) is 46.5 Å². The maximum atomic E-state index is 10.6. The van der Waals surface area contributed by atoms with Crippen molar-refractivity contribution in [2.45, 2.75) is 12.8 Å². The van der Waals surface area contributed by atoms with Gasteiger partial charge in [-0.05, 0) is 18.9 Å². The molecule has 0 spiro atoms. The van der Waals surface area contributed by atoms with E-state index in [1.807, 2.05) is 6.08 Å². The second kappa shape index (κ2) is 3.23. The van der Waals surface area contributed by atoms with Gasteiger partial charge in [-0.25, -0.2) is 4.79 Å². The minimum absolute atomic E-state index is 0.370. The Morgan fingerprint density at radius 1 is 1.73 bits per heavy atom. The van der Waals surface area contributed by atoms with Crippen LogP contribution in [0.15, 0.2) is 23.5 Å². The number of methoxy groups -OCH3 is 1. The fourth-order valence-corrected chi connectivity index (χ4v) is 1.05.